The van der Waals surface area contributed by atoms with Crippen molar-refractivity contribution >= 4 is 29.9 Å². The van der Waals surface area contributed by atoms with E-state index in [1.54, 1.807) is 6.26 Å². The highest BCUT2D eigenvalue weighted by atomic mass is 127. The summed E-state index contributed by atoms with van der Waals surface area (Å²) >= 11 is 0. The molecule has 0 amide bonds. The lowest BCUT2D eigenvalue weighted by molar-refractivity contribution is 0.215. The van der Waals surface area contributed by atoms with Gasteiger partial charge < -0.3 is 20.0 Å². The number of guanidine groups is 1. The summed E-state index contributed by atoms with van der Waals surface area (Å²) in [5.41, 5.74) is 0. The Hall–Kier alpha value is -0.800. The molecule has 0 aliphatic carbocycles. The van der Waals surface area contributed by atoms with Crippen LogP contribution in [-0.4, -0.2) is 68.6 Å². The summed E-state index contributed by atoms with van der Waals surface area (Å²) < 4.78 is 5.68. The summed E-state index contributed by atoms with van der Waals surface area (Å²) in [5, 5.41) is 6.93. The zero-order valence-corrected chi connectivity index (χ0v) is 18.3. The van der Waals surface area contributed by atoms with Crippen molar-refractivity contribution in [2.75, 3.05) is 52.9 Å². The van der Waals surface area contributed by atoms with Gasteiger partial charge in [-0.25, -0.2) is 0 Å². The number of nitrogens with one attached hydrogen (secondary N) is 2. The number of hydrogen-bond acceptors (Lipinski definition) is 4. The van der Waals surface area contributed by atoms with Crippen molar-refractivity contribution < 1.29 is 4.42 Å². The molecule has 3 heterocycles. The Bertz CT molecular complexity index is 510. The fraction of sp³-hybridized carbons (Fsp3) is 0.737. The van der Waals surface area contributed by atoms with E-state index >= 15 is 0 Å². The second-order valence-electron chi connectivity index (χ2n) is 7.06. The highest BCUT2D eigenvalue weighted by molar-refractivity contribution is 14.0. The first-order valence-corrected chi connectivity index (χ1v) is 9.81. The maximum Gasteiger partial charge on any atom is 0.191 e. The summed E-state index contributed by atoms with van der Waals surface area (Å²) in [5.74, 6) is 1.93. The third kappa shape index (κ3) is 6.42. The molecule has 1 aromatic heterocycles. The smallest absolute Gasteiger partial charge is 0.191 e. The standard InChI is InChI=1S/C19H33N5O.HI/c1-20-19(21-9-7-12-23-10-2-3-11-23)22-16-17(18-8-6-15-25-18)24-13-4-5-14-24;/h6,8,15,17H,2-5,7,9-14,16H2,1H3,(H2,20,21,22);1H. The van der Waals surface area contributed by atoms with Crippen molar-refractivity contribution in [3.05, 3.63) is 24.2 Å². The van der Waals surface area contributed by atoms with Crippen LogP contribution in [0.25, 0.3) is 0 Å². The van der Waals surface area contributed by atoms with Crippen LogP contribution < -0.4 is 10.6 Å². The zero-order chi connectivity index (χ0) is 17.3. The predicted molar refractivity (Wildman–Crippen MR) is 117 cm³/mol. The van der Waals surface area contributed by atoms with Gasteiger partial charge in [0.05, 0.1) is 12.3 Å². The van der Waals surface area contributed by atoms with E-state index < -0.39 is 0 Å². The molecule has 2 aliphatic heterocycles. The molecular formula is C19H34IN5O. The summed E-state index contributed by atoms with van der Waals surface area (Å²) in [6.07, 6.45) is 8.21. The van der Waals surface area contributed by atoms with E-state index in [1.165, 1.54) is 45.3 Å². The average molecular weight is 475 g/mol. The second kappa shape index (κ2) is 11.8. The zero-order valence-electron chi connectivity index (χ0n) is 16.0. The second-order valence-corrected chi connectivity index (χ2v) is 7.06. The van der Waals surface area contributed by atoms with Crippen molar-refractivity contribution in [2.24, 2.45) is 4.99 Å². The minimum Gasteiger partial charge on any atom is -0.468 e. The normalized spacial score (nSPS) is 20.1. The molecule has 0 radical (unpaired) electrons. The van der Waals surface area contributed by atoms with Crippen LogP contribution in [0.3, 0.4) is 0 Å². The Morgan fingerprint density at radius 1 is 1.15 bits per heavy atom. The van der Waals surface area contributed by atoms with Crippen LogP contribution in [0.15, 0.2) is 27.8 Å². The average Bonchev–Trinajstić information content (AvgIpc) is 3.40. The number of halogens is 1. The third-order valence-electron chi connectivity index (χ3n) is 5.28. The summed E-state index contributed by atoms with van der Waals surface area (Å²) in [7, 11) is 1.84. The molecule has 0 aromatic carbocycles. The summed E-state index contributed by atoms with van der Waals surface area (Å²) in [6, 6.07) is 4.33. The van der Waals surface area contributed by atoms with Crippen molar-refractivity contribution in [3.63, 3.8) is 0 Å². The Kier molecular flexibility index (Phi) is 9.77. The van der Waals surface area contributed by atoms with E-state index in [0.717, 1.165) is 44.3 Å². The molecule has 2 saturated heterocycles. The predicted octanol–water partition coefficient (Wildman–Crippen LogP) is 2.69. The molecule has 26 heavy (non-hydrogen) atoms. The molecule has 3 rings (SSSR count). The fourth-order valence-electron chi connectivity index (χ4n) is 3.87. The third-order valence-corrected chi connectivity index (χ3v) is 5.28. The topological polar surface area (TPSA) is 56.0 Å². The van der Waals surface area contributed by atoms with Gasteiger partial charge in [-0.2, -0.15) is 0 Å². The van der Waals surface area contributed by atoms with E-state index in [1.807, 2.05) is 13.1 Å². The van der Waals surface area contributed by atoms with Gasteiger partial charge in [-0.3, -0.25) is 9.89 Å². The van der Waals surface area contributed by atoms with Crippen molar-refractivity contribution in [1.82, 2.24) is 20.4 Å². The largest absolute Gasteiger partial charge is 0.468 e. The van der Waals surface area contributed by atoms with Crippen molar-refractivity contribution in [2.45, 2.75) is 38.1 Å². The molecular weight excluding hydrogens is 441 g/mol. The van der Waals surface area contributed by atoms with Crippen molar-refractivity contribution in [1.29, 1.82) is 0 Å². The van der Waals surface area contributed by atoms with Gasteiger partial charge in [-0.15, -0.1) is 24.0 Å². The van der Waals surface area contributed by atoms with Crippen LogP contribution >= 0.6 is 24.0 Å². The van der Waals surface area contributed by atoms with Gasteiger partial charge in [0.1, 0.15) is 5.76 Å². The van der Waals surface area contributed by atoms with Crippen LogP contribution in [0.1, 0.15) is 43.9 Å². The number of nitrogens with zero attached hydrogens (tertiary/aromatic N) is 3. The lowest BCUT2D eigenvalue weighted by Gasteiger charge is -2.26. The lowest BCUT2D eigenvalue weighted by atomic mass is 10.2. The highest BCUT2D eigenvalue weighted by Gasteiger charge is 2.25. The molecule has 6 nitrogen and oxygen atoms in total. The van der Waals surface area contributed by atoms with E-state index in [-0.39, 0.29) is 30.0 Å². The maximum absolute atomic E-state index is 5.68. The van der Waals surface area contributed by atoms with Gasteiger partial charge in [0.25, 0.3) is 0 Å². The van der Waals surface area contributed by atoms with Gasteiger partial charge >= 0.3 is 0 Å². The molecule has 2 N–H and O–H groups in total. The van der Waals surface area contributed by atoms with E-state index in [4.69, 9.17) is 4.42 Å². The van der Waals surface area contributed by atoms with Gasteiger partial charge in [-0.05, 0) is 77.0 Å². The maximum atomic E-state index is 5.68. The van der Waals surface area contributed by atoms with E-state index in [9.17, 15) is 0 Å². The van der Waals surface area contributed by atoms with Gasteiger partial charge in [0.15, 0.2) is 5.96 Å². The monoisotopic (exact) mass is 475 g/mol. The van der Waals surface area contributed by atoms with Crippen LogP contribution in [0.5, 0.6) is 0 Å². The van der Waals surface area contributed by atoms with Crippen LogP contribution in [-0.2, 0) is 0 Å². The van der Waals surface area contributed by atoms with E-state index in [0.29, 0.717) is 0 Å². The number of rotatable bonds is 8. The van der Waals surface area contributed by atoms with Crippen LogP contribution in [0, 0.1) is 0 Å². The summed E-state index contributed by atoms with van der Waals surface area (Å²) in [6.45, 7) is 7.81. The fourth-order valence-corrected chi connectivity index (χ4v) is 3.87. The quantitative estimate of drug-likeness (QED) is 0.262. The summed E-state index contributed by atoms with van der Waals surface area (Å²) in [4.78, 5) is 9.43. The Morgan fingerprint density at radius 2 is 1.88 bits per heavy atom. The minimum atomic E-state index is 0. The number of aliphatic imine (C=N–C) groups is 1. The first-order chi connectivity index (χ1) is 12.4. The molecule has 0 spiro atoms. The molecule has 2 fully saturated rings. The molecule has 0 saturated carbocycles. The Labute approximate surface area is 174 Å². The van der Waals surface area contributed by atoms with Crippen LogP contribution in [0.2, 0.25) is 0 Å². The molecule has 0 bridgehead atoms. The highest BCUT2D eigenvalue weighted by Crippen LogP contribution is 2.24. The Morgan fingerprint density at radius 3 is 2.54 bits per heavy atom. The number of hydrogen-bond donors (Lipinski definition) is 2. The number of furan rings is 1. The lowest BCUT2D eigenvalue weighted by Crippen LogP contribution is -2.43. The van der Waals surface area contributed by atoms with Crippen molar-refractivity contribution in [3.8, 4) is 0 Å². The molecule has 1 atom stereocenters. The van der Waals surface area contributed by atoms with Gasteiger partial charge in [0, 0.05) is 20.1 Å². The molecule has 2 aliphatic rings. The van der Waals surface area contributed by atoms with Gasteiger partial charge in [-0.1, -0.05) is 0 Å². The SMILES string of the molecule is CN=C(NCCCN1CCCC1)NCC(c1ccco1)N1CCCC1.I. The van der Waals surface area contributed by atoms with Crippen LogP contribution in [0.4, 0.5) is 0 Å². The molecule has 148 valence electrons. The minimum absolute atomic E-state index is 0. The molecule has 1 unspecified atom stereocenters. The van der Waals surface area contributed by atoms with E-state index in [2.05, 4.69) is 31.5 Å². The Balaban J connectivity index is 0.00000243. The molecule has 1 aromatic rings. The van der Waals surface area contributed by atoms with Gasteiger partial charge in [0.2, 0.25) is 0 Å². The number of likely N-dealkylation sites (tertiary alicyclic amines) is 2. The first kappa shape index (κ1) is 21.5. The molecule has 7 heteroatoms. The first-order valence-electron chi connectivity index (χ1n) is 9.81.